The molecule has 3 heteroatoms. The van der Waals surface area contributed by atoms with Crippen molar-refractivity contribution < 1.29 is 14.3 Å². The molecule has 0 amide bonds. The van der Waals surface area contributed by atoms with Crippen LogP contribution < -0.4 is 4.74 Å². The van der Waals surface area contributed by atoms with Crippen molar-refractivity contribution in [1.82, 2.24) is 0 Å². The van der Waals surface area contributed by atoms with Gasteiger partial charge in [-0.25, -0.2) is 4.79 Å². The second-order valence-electron chi connectivity index (χ2n) is 4.25. The highest BCUT2D eigenvalue weighted by Gasteiger charge is 2.15. The highest BCUT2D eigenvalue weighted by molar-refractivity contribution is 6.10. The molecule has 2 rings (SSSR count). The molecular weight excluding hydrogens is 252 g/mol. The summed E-state index contributed by atoms with van der Waals surface area (Å²) in [5, 5.41) is 0. The summed E-state index contributed by atoms with van der Waals surface area (Å²) in [6, 6.07) is 14.0. The van der Waals surface area contributed by atoms with Crippen LogP contribution in [0.3, 0.4) is 0 Å². The summed E-state index contributed by atoms with van der Waals surface area (Å²) in [5.41, 5.74) is 1.75. The fourth-order valence-electron chi connectivity index (χ4n) is 1.87. The first-order chi connectivity index (χ1) is 9.63. The number of esters is 1. The molecule has 0 N–H and O–H groups in total. The van der Waals surface area contributed by atoms with Gasteiger partial charge < -0.3 is 4.74 Å². The van der Waals surface area contributed by atoms with Crippen LogP contribution in [-0.4, -0.2) is 11.8 Å². The van der Waals surface area contributed by atoms with Crippen molar-refractivity contribution in [3.63, 3.8) is 0 Å². The molecule has 100 valence electrons. The molecule has 0 bridgehead atoms. The van der Waals surface area contributed by atoms with E-state index >= 15 is 0 Å². The van der Waals surface area contributed by atoms with Crippen LogP contribution in [-0.2, 0) is 4.79 Å². The van der Waals surface area contributed by atoms with Crippen LogP contribution in [0.4, 0.5) is 0 Å². The van der Waals surface area contributed by atoms with Crippen LogP contribution in [0.15, 0.2) is 61.2 Å². The Bertz CT molecular complexity index is 657. The Morgan fingerprint density at radius 1 is 1.05 bits per heavy atom. The Morgan fingerprint density at radius 2 is 1.75 bits per heavy atom. The summed E-state index contributed by atoms with van der Waals surface area (Å²) in [5.74, 6) is -0.270. The summed E-state index contributed by atoms with van der Waals surface area (Å²) in [6.07, 6.45) is 1.09. The molecule has 0 aliphatic carbocycles. The van der Waals surface area contributed by atoms with E-state index in [1.54, 1.807) is 37.3 Å². The van der Waals surface area contributed by atoms with E-state index in [9.17, 15) is 9.59 Å². The number of benzene rings is 2. The number of carbonyl (C=O) groups is 2. The van der Waals surface area contributed by atoms with E-state index in [1.807, 2.05) is 18.2 Å². The first-order valence-corrected chi connectivity index (χ1v) is 6.17. The molecule has 20 heavy (non-hydrogen) atoms. The second kappa shape index (κ2) is 5.97. The average Bonchev–Trinajstić information content (AvgIpc) is 2.49. The molecule has 0 fully saturated rings. The van der Waals surface area contributed by atoms with Crippen molar-refractivity contribution in [3.05, 3.63) is 77.9 Å². The molecule has 0 heterocycles. The van der Waals surface area contributed by atoms with E-state index in [1.165, 1.54) is 0 Å². The van der Waals surface area contributed by atoms with Crippen molar-refractivity contribution >= 4 is 11.8 Å². The Hall–Kier alpha value is -2.68. The minimum absolute atomic E-state index is 0.0976. The highest BCUT2D eigenvalue weighted by Crippen LogP contribution is 2.23. The number of carbonyl (C=O) groups excluding carboxylic acids is 2. The normalized spacial score (nSPS) is 9.85. The van der Waals surface area contributed by atoms with Crippen molar-refractivity contribution in [1.29, 1.82) is 0 Å². The largest absolute Gasteiger partial charge is 0.423 e. The first-order valence-electron chi connectivity index (χ1n) is 6.17. The van der Waals surface area contributed by atoms with Crippen LogP contribution >= 0.6 is 0 Å². The topological polar surface area (TPSA) is 43.4 Å². The molecule has 0 saturated heterocycles. The van der Waals surface area contributed by atoms with E-state index in [0.717, 1.165) is 6.08 Å². The molecule has 0 aliphatic rings. The van der Waals surface area contributed by atoms with E-state index < -0.39 is 5.97 Å². The molecule has 0 atom stereocenters. The van der Waals surface area contributed by atoms with Crippen LogP contribution in [0.25, 0.3) is 0 Å². The zero-order chi connectivity index (χ0) is 14.5. The maximum atomic E-state index is 12.4. The summed E-state index contributed by atoms with van der Waals surface area (Å²) in [6.45, 7) is 5.10. The molecule has 0 aliphatic heterocycles. The lowest BCUT2D eigenvalue weighted by atomic mass is 9.98. The maximum absolute atomic E-state index is 12.4. The standard InChI is InChI=1S/C17H14O3/c1-3-16(18)20-15-11-7-10-14(12(15)2)17(19)13-8-5-4-6-9-13/h3-11H,1H2,2H3. The zero-order valence-corrected chi connectivity index (χ0v) is 11.1. The molecule has 0 unspecified atom stereocenters. The SMILES string of the molecule is C=CC(=O)Oc1cccc(C(=O)c2ccccc2)c1C. The molecule has 0 spiro atoms. The van der Waals surface area contributed by atoms with Crippen molar-refractivity contribution in [3.8, 4) is 5.75 Å². The van der Waals surface area contributed by atoms with Crippen molar-refractivity contribution in [2.45, 2.75) is 6.92 Å². The Morgan fingerprint density at radius 3 is 2.40 bits per heavy atom. The van der Waals surface area contributed by atoms with Crippen LogP contribution in [0, 0.1) is 6.92 Å². The van der Waals surface area contributed by atoms with Gasteiger partial charge in [0.05, 0.1) is 0 Å². The number of rotatable bonds is 4. The minimum atomic E-state index is -0.544. The molecular formula is C17H14O3. The second-order valence-corrected chi connectivity index (χ2v) is 4.25. The van der Waals surface area contributed by atoms with Gasteiger partial charge in [0.1, 0.15) is 5.75 Å². The number of ketones is 1. The molecule has 0 saturated carbocycles. The van der Waals surface area contributed by atoms with Crippen LogP contribution in [0.5, 0.6) is 5.75 Å². The van der Waals surface area contributed by atoms with Crippen molar-refractivity contribution in [2.24, 2.45) is 0 Å². The maximum Gasteiger partial charge on any atom is 0.335 e. The van der Waals surface area contributed by atoms with Gasteiger partial charge in [0.25, 0.3) is 0 Å². The summed E-state index contributed by atoms with van der Waals surface area (Å²) in [7, 11) is 0. The van der Waals surface area contributed by atoms with Crippen molar-refractivity contribution in [2.75, 3.05) is 0 Å². The summed E-state index contributed by atoms with van der Waals surface area (Å²) >= 11 is 0. The molecule has 3 nitrogen and oxygen atoms in total. The Labute approximate surface area is 117 Å². The zero-order valence-electron chi connectivity index (χ0n) is 11.1. The summed E-state index contributed by atoms with van der Waals surface area (Å²) in [4.78, 5) is 23.7. The molecule has 2 aromatic carbocycles. The summed E-state index contributed by atoms with van der Waals surface area (Å²) < 4.78 is 5.11. The quantitative estimate of drug-likeness (QED) is 0.369. The van der Waals surface area contributed by atoms with Gasteiger partial charge >= 0.3 is 5.97 Å². The van der Waals surface area contributed by atoms with Crippen LogP contribution in [0.2, 0.25) is 0 Å². The Kier molecular flexibility index (Phi) is 4.11. The first kappa shape index (κ1) is 13.7. The fraction of sp³-hybridized carbons (Fsp3) is 0.0588. The number of hydrogen-bond donors (Lipinski definition) is 0. The number of ether oxygens (including phenoxy) is 1. The smallest absolute Gasteiger partial charge is 0.335 e. The minimum Gasteiger partial charge on any atom is -0.423 e. The van der Waals surface area contributed by atoms with E-state index in [2.05, 4.69) is 6.58 Å². The highest BCUT2D eigenvalue weighted by atomic mass is 16.5. The van der Waals surface area contributed by atoms with Gasteiger partial charge in [-0.1, -0.05) is 49.0 Å². The lowest BCUT2D eigenvalue weighted by Gasteiger charge is -2.10. The average molecular weight is 266 g/mol. The van der Waals surface area contributed by atoms with Crippen LogP contribution in [0.1, 0.15) is 21.5 Å². The predicted molar refractivity (Wildman–Crippen MR) is 76.9 cm³/mol. The third-order valence-electron chi connectivity index (χ3n) is 2.94. The van der Waals surface area contributed by atoms with Gasteiger partial charge in [-0.15, -0.1) is 0 Å². The lowest BCUT2D eigenvalue weighted by molar-refractivity contribution is -0.129. The van der Waals surface area contributed by atoms with Gasteiger partial charge in [0, 0.05) is 22.8 Å². The van der Waals surface area contributed by atoms with Gasteiger partial charge in [0.15, 0.2) is 5.78 Å². The monoisotopic (exact) mass is 266 g/mol. The van der Waals surface area contributed by atoms with E-state index in [4.69, 9.17) is 4.74 Å². The van der Waals surface area contributed by atoms with E-state index in [-0.39, 0.29) is 5.78 Å². The number of hydrogen-bond acceptors (Lipinski definition) is 3. The van der Waals surface area contributed by atoms with Gasteiger partial charge in [0.2, 0.25) is 0 Å². The molecule has 0 aromatic heterocycles. The van der Waals surface area contributed by atoms with Gasteiger partial charge in [-0.2, -0.15) is 0 Å². The van der Waals surface area contributed by atoms with Gasteiger partial charge in [-0.05, 0) is 13.0 Å². The predicted octanol–water partition coefficient (Wildman–Crippen LogP) is 3.32. The lowest BCUT2D eigenvalue weighted by Crippen LogP contribution is -2.08. The third kappa shape index (κ3) is 2.83. The van der Waals surface area contributed by atoms with Gasteiger partial charge in [-0.3, -0.25) is 4.79 Å². The third-order valence-corrected chi connectivity index (χ3v) is 2.94. The molecule has 0 radical (unpaired) electrons. The molecule has 2 aromatic rings. The fourth-order valence-corrected chi connectivity index (χ4v) is 1.87. The Balaban J connectivity index is 2.38. The van der Waals surface area contributed by atoms with E-state index in [0.29, 0.717) is 22.4 Å².